The number of benzene rings is 1. The topological polar surface area (TPSA) is 29.5 Å². The molecule has 0 unspecified atom stereocenters. The largest absolute Gasteiger partial charge is 0.497 e. The van der Waals surface area contributed by atoms with Crippen LogP contribution in [0.25, 0.3) is 5.57 Å². The number of hydrogen-bond donors (Lipinski definition) is 1. The second-order valence-electron chi connectivity index (χ2n) is 6.77. The van der Waals surface area contributed by atoms with Crippen LogP contribution in [-0.4, -0.2) is 18.3 Å². The Morgan fingerprint density at radius 1 is 1.38 bits per heavy atom. The third-order valence-corrected chi connectivity index (χ3v) is 5.76. The summed E-state index contributed by atoms with van der Waals surface area (Å²) in [4.78, 5) is 0. The van der Waals surface area contributed by atoms with E-state index in [1.54, 1.807) is 7.11 Å². The number of aliphatic hydroxyl groups excluding tert-OH is 1. The molecule has 0 bridgehead atoms. The number of rotatable bonds is 1. The Bertz CT molecular complexity index is 699. The van der Waals surface area contributed by atoms with Gasteiger partial charge in [0.15, 0.2) is 0 Å². The van der Waals surface area contributed by atoms with Crippen molar-refractivity contribution < 1.29 is 12.6 Å². The smallest absolute Gasteiger partial charge is 0.119 e. The predicted molar refractivity (Wildman–Crippen MR) is 84.3 cm³/mol. The number of allylic oxidation sites excluding steroid dienone is 2. The molecule has 1 N–H and O–H groups in total. The van der Waals surface area contributed by atoms with Gasteiger partial charge in [-0.05, 0) is 73.2 Å². The van der Waals surface area contributed by atoms with Crippen LogP contribution < -0.4 is 4.74 Å². The van der Waals surface area contributed by atoms with Crippen LogP contribution in [0.4, 0.5) is 0 Å². The summed E-state index contributed by atoms with van der Waals surface area (Å²) in [6, 6.07) is 6.20. The number of methoxy groups -OCH3 is 1. The normalized spacial score (nSPS) is 42.6. The van der Waals surface area contributed by atoms with Crippen LogP contribution in [0.2, 0.25) is 0 Å². The van der Waals surface area contributed by atoms with Gasteiger partial charge < -0.3 is 9.84 Å². The van der Waals surface area contributed by atoms with E-state index in [4.69, 9.17) is 6.11 Å². The molecule has 112 valence electrons. The van der Waals surface area contributed by atoms with Gasteiger partial charge in [0.2, 0.25) is 0 Å². The third kappa shape index (κ3) is 1.81. The van der Waals surface area contributed by atoms with Gasteiger partial charge in [-0.25, -0.2) is 0 Å². The maximum absolute atomic E-state index is 10.5. The summed E-state index contributed by atoms with van der Waals surface area (Å²) in [5.74, 6) is -0.0684. The zero-order valence-corrected chi connectivity index (χ0v) is 12.8. The molecule has 21 heavy (non-hydrogen) atoms. The van der Waals surface area contributed by atoms with Gasteiger partial charge in [0.05, 0.1) is 13.2 Å². The Kier molecular flexibility index (Phi) is 2.48. The van der Waals surface area contributed by atoms with Gasteiger partial charge in [0.25, 0.3) is 0 Å². The van der Waals surface area contributed by atoms with Crippen molar-refractivity contribution in [2.24, 2.45) is 11.3 Å². The molecule has 3 aliphatic rings. The first-order valence-electron chi connectivity index (χ1n) is 8.99. The molecule has 1 aromatic rings. The average Bonchev–Trinajstić information content (AvgIpc) is 2.74. The van der Waals surface area contributed by atoms with Crippen molar-refractivity contribution in [2.75, 3.05) is 7.11 Å². The van der Waals surface area contributed by atoms with Gasteiger partial charge in [0, 0.05) is 8.16 Å². The predicted octanol–water partition coefficient (Wildman–Crippen LogP) is 3.97. The highest BCUT2D eigenvalue weighted by molar-refractivity contribution is 5.75. The quantitative estimate of drug-likeness (QED) is 0.847. The van der Waals surface area contributed by atoms with Crippen LogP contribution in [0, 0.1) is 11.3 Å². The fourth-order valence-corrected chi connectivity index (χ4v) is 4.41. The van der Waals surface area contributed by atoms with E-state index in [0.717, 1.165) is 37.0 Å². The van der Waals surface area contributed by atoms with Crippen LogP contribution in [0.1, 0.15) is 52.9 Å². The Morgan fingerprint density at radius 2 is 2.24 bits per heavy atom. The minimum absolute atomic E-state index is 0.423. The van der Waals surface area contributed by atoms with Gasteiger partial charge in [-0.1, -0.05) is 18.6 Å². The molecule has 0 amide bonds. The van der Waals surface area contributed by atoms with E-state index in [1.165, 1.54) is 16.7 Å². The minimum Gasteiger partial charge on any atom is -0.497 e. The van der Waals surface area contributed by atoms with E-state index >= 15 is 0 Å². The summed E-state index contributed by atoms with van der Waals surface area (Å²) in [7, 11) is 1.69. The second-order valence-corrected chi connectivity index (χ2v) is 6.77. The molecule has 0 heterocycles. The third-order valence-electron chi connectivity index (χ3n) is 5.76. The lowest BCUT2D eigenvalue weighted by molar-refractivity contribution is 0.0379. The first-order valence-corrected chi connectivity index (χ1v) is 7.92. The van der Waals surface area contributed by atoms with Gasteiger partial charge in [-0.3, -0.25) is 0 Å². The highest BCUT2D eigenvalue weighted by Gasteiger charge is 2.50. The van der Waals surface area contributed by atoms with Gasteiger partial charge >= 0.3 is 0 Å². The molecule has 3 aliphatic carbocycles. The summed E-state index contributed by atoms with van der Waals surface area (Å²) in [6.45, 7) is 2.02. The van der Waals surface area contributed by atoms with Crippen molar-refractivity contribution in [2.45, 2.75) is 51.5 Å². The van der Waals surface area contributed by atoms with Crippen LogP contribution in [0.5, 0.6) is 5.75 Å². The molecule has 2 heteroatoms. The number of fused-ring (bicyclic) bond motifs is 4. The summed E-state index contributed by atoms with van der Waals surface area (Å²) in [5.41, 5.74) is 4.40. The summed E-state index contributed by atoms with van der Waals surface area (Å²) in [5, 5.41) is 10.5. The zero-order valence-electron chi connectivity index (χ0n) is 14.8. The first-order chi connectivity index (χ1) is 10.9. The Hall–Kier alpha value is -1.28. The van der Waals surface area contributed by atoms with E-state index in [0.29, 0.717) is 6.42 Å². The molecule has 0 aliphatic heterocycles. The number of hydrogen-bond acceptors (Lipinski definition) is 2. The van der Waals surface area contributed by atoms with Gasteiger partial charge in [-0.15, -0.1) is 0 Å². The Labute approximate surface area is 129 Å². The van der Waals surface area contributed by atoms with Crippen molar-refractivity contribution in [3.63, 3.8) is 0 Å². The Balaban J connectivity index is 1.88. The van der Waals surface area contributed by atoms with Crippen LogP contribution >= 0.6 is 0 Å². The first kappa shape index (κ1) is 11.3. The highest BCUT2D eigenvalue weighted by Crippen LogP contribution is 2.58. The second kappa shape index (κ2) is 4.61. The molecule has 4 rings (SSSR count). The number of ether oxygens (including phenoxy) is 1. The standard InChI is InChI=1S/C19H24O2/c1-19-10-9-15-14-6-4-13(21-2)11-12(14)3-5-16(15)17(19)7-8-18(19)20/h4,6,11,17-18,20H,3,5,7-10H2,1-2H3/t17-,18-,19-/m0/s1/i7T,17T/t7-,17-,18-,19-. The number of aryl methyl sites for hydroxylation is 1. The molecule has 2 nitrogen and oxygen atoms in total. The molecule has 0 aromatic heterocycles. The van der Waals surface area contributed by atoms with Crippen molar-refractivity contribution in [1.29, 1.82) is 0 Å². The lowest BCUT2D eigenvalue weighted by Crippen LogP contribution is -2.37. The van der Waals surface area contributed by atoms with E-state index in [-0.39, 0.29) is 0 Å². The fourth-order valence-electron chi connectivity index (χ4n) is 4.41. The zero-order chi connectivity index (χ0) is 16.4. The van der Waals surface area contributed by atoms with E-state index in [9.17, 15) is 6.48 Å². The van der Waals surface area contributed by atoms with Crippen molar-refractivity contribution >= 4 is 5.57 Å². The minimum atomic E-state index is -0.947. The molecular formula is C19H24O2. The molecular weight excluding hydrogens is 260 g/mol. The maximum Gasteiger partial charge on any atom is 0.119 e. The lowest BCUT2D eigenvalue weighted by atomic mass is 9.62. The maximum atomic E-state index is 10.5. The van der Waals surface area contributed by atoms with Crippen molar-refractivity contribution in [1.82, 2.24) is 0 Å². The molecule has 0 radical (unpaired) electrons. The summed E-state index contributed by atoms with van der Waals surface area (Å²) >= 11 is 0. The van der Waals surface area contributed by atoms with E-state index in [2.05, 4.69) is 12.1 Å². The van der Waals surface area contributed by atoms with Crippen LogP contribution in [0.3, 0.4) is 0 Å². The van der Waals surface area contributed by atoms with Crippen LogP contribution in [0.15, 0.2) is 23.8 Å². The Morgan fingerprint density at radius 3 is 3.05 bits per heavy atom. The highest BCUT2D eigenvalue weighted by atomic mass is 16.5. The molecule has 4 atom stereocenters. The fraction of sp³-hybridized carbons (Fsp3) is 0.579. The molecule has 1 saturated carbocycles. The molecule has 0 spiro atoms. The average molecular weight is 288 g/mol. The molecule has 0 saturated heterocycles. The molecule has 1 aromatic carbocycles. The van der Waals surface area contributed by atoms with E-state index < -0.39 is 23.8 Å². The monoisotopic (exact) mass is 288 g/mol. The lowest BCUT2D eigenvalue weighted by Gasteiger charge is -2.43. The summed E-state index contributed by atoms with van der Waals surface area (Å²) in [6.07, 6.45) is 2.77. The van der Waals surface area contributed by atoms with Gasteiger partial charge in [-0.2, -0.15) is 0 Å². The number of aliphatic hydroxyl groups is 1. The van der Waals surface area contributed by atoms with Crippen molar-refractivity contribution in [3.05, 3.63) is 34.9 Å². The summed E-state index contributed by atoms with van der Waals surface area (Å²) < 4.78 is 23.0. The van der Waals surface area contributed by atoms with Crippen molar-refractivity contribution in [3.8, 4) is 5.75 Å². The van der Waals surface area contributed by atoms with Gasteiger partial charge in [0.1, 0.15) is 5.75 Å². The van der Waals surface area contributed by atoms with Crippen LogP contribution in [-0.2, 0) is 6.42 Å². The van der Waals surface area contributed by atoms with E-state index in [1.807, 2.05) is 13.0 Å². The SMILES string of the molecule is [3H][C@H]1C[C@H](O)[C@@]2(C)CCC3=C(CCc4cc(OC)ccc43)[C@]12[3H]. The molecule has 1 fully saturated rings.